The molecule has 0 radical (unpaired) electrons. The Bertz CT molecular complexity index is 603. The topological polar surface area (TPSA) is 94.9 Å². The van der Waals surface area contributed by atoms with E-state index in [0.29, 0.717) is 4.47 Å². The van der Waals surface area contributed by atoms with Gasteiger partial charge in [-0.25, -0.2) is 8.42 Å². The molecular weight excluding hydrogens is 338 g/mol. The number of aliphatic hydroxyl groups is 1. The van der Waals surface area contributed by atoms with E-state index >= 15 is 0 Å². The number of carboxylic acid groups (broad SMARTS) is 1. The van der Waals surface area contributed by atoms with Crippen molar-refractivity contribution in [1.29, 1.82) is 0 Å². The molecular formula is C11H12BrNO5S. The van der Waals surface area contributed by atoms with Crippen LogP contribution in [0.3, 0.4) is 0 Å². The molecule has 2 unspecified atom stereocenters. The lowest BCUT2D eigenvalue weighted by Crippen LogP contribution is -2.40. The highest BCUT2D eigenvalue weighted by atomic mass is 79.9. The number of aliphatic carboxylic acids is 1. The molecule has 0 spiro atoms. The van der Waals surface area contributed by atoms with Crippen LogP contribution in [-0.4, -0.2) is 47.6 Å². The lowest BCUT2D eigenvalue weighted by Gasteiger charge is -2.21. The lowest BCUT2D eigenvalue weighted by atomic mass is 10.2. The summed E-state index contributed by atoms with van der Waals surface area (Å²) in [5, 5.41) is 18.6. The number of aliphatic hydroxyl groups excluding tert-OH is 1. The van der Waals surface area contributed by atoms with Crippen molar-refractivity contribution < 1.29 is 23.4 Å². The molecule has 1 fully saturated rings. The first-order chi connectivity index (χ1) is 8.84. The van der Waals surface area contributed by atoms with Crippen LogP contribution in [0.15, 0.2) is 33.6 Å². The lowest BCUT2D eigenvalue weighted by molar-refractivity contribution is -0.140. The van der Waals surface area contributed by atoms with E-state index in [1.54, 1.807) is 18.2 Å². The maximum atomic E-state index is 12.4. The molecule has 1 saturated heterocycles. The van der Waals surface area contributed by atoms with Gasteiger partial charge in [0.2, 0.25) is 10.0 Å². The molecule has 0 saturated carbocycles. The summed E-state index contributed by atoms with van der Waals surface area (Å²) in [6.07, 6.45) is -1.06. The van der Waals surface area contributed by atoms with E-state index in [-0.39, 0.29) is 17.9 Å². The zero-order valence-corrected chi connectivity index (χ0v) is 12.1. The van der Waals surface area contributed by atoms with Gasteiger partial charge in [-0.2, -0.15) is 4.31 Å². The van der Waals surface area contributed by atoms with Crippen LogP contribution in [0.2, 0.25) is 0 Å². The van der Waals surface area contributed by atoms with E-state index in [2.05, 4.69) is 15.9 Å². The van der Waals surface area contributed by atoms with Crippen LogP contribution in [0.4, 0.5) is 0 Å². The molecule has 2 rings (SSSR count). The Kier molecular flexibility index (Phi) is 3.95. The number of β-amino-alcohol motifs (C(OH)–C–C–N with tert-alkyl or cyclic N) is 1. The largest absolute Gasteiger partial charge is 0.480 e. The average molecular weight is 350 g/mol. The summed E-state index contributed by atoms with van der Waals surface area (Å²) in [4.78, 5) is 11.1. The van der Waals surface area contributed by atoms with Gasteiger partial charge in [-0.05, 0) is 28.1 Å². The Morgan fingerprint density at radius 3 is 2.58 bits per heavy atom. The monoisotopic (exact) mass is 349 g/mol. The summed E-state index contributed by atoms with van der Waals surface area (Å²) in [6.45, 7) is -0.208. The van der Waals surface area contributed by atoms with Crippen molar-refractivity contribution in [3.63, 3.8) is 0 Å². The molecule has 1 aromatic carbocycles. The van der Waals surface area contributed by atoms with Crippen molar-refractivity contribution in [2.45, 2.75) is 23.5 Å². The number of sulfonamides is 1. The predicted octanol–water partition coefficient (Wildman–Crippen LogP) is 0.658. The van der Waals surface area contributed by atoms with Gasteiger partial charge in [-0.15, -0.1) is 0 Å². The summed E-state index contributed by atoms with van der Waals surface area (Å²) in [5.41, 5.74) is 0. The Labute approximate surface area is 118 Å². The van der Waals surface area contributed by atoms with Crippen LogP contribution in [-0.2, 0) is 14.8 Å². The molecule has 2 N–H and O–H groups in total. The van der Waals surface area contributed by atoms with Crippen molar-refractivity contribution in [3.05, 3.63) is 28.7 Å². The maximum Gasteiger partial charge on any atom is 0.322 e. The zero-order chi connectivity index (χ0) is 14.2. The Hall–Kier alpha value is -0.960. The third-order valence-corrected chi connectivity index (χ3v) is 5.83. The van der Waals surface area contributed by atoms with E-state index < -0.39 is 28.1 Å². The van der Waals surface area contributed by atoms with Crippen molar-refractivity contribution in [3.8, 4) is 0 Å². The van der Waals surface area contributed by atoms with Gasteiger partial charge in [0, 0.05) is 17.4 Å². The first-order valence-electron chi connectivity index (χ1n) is 5.51. The van der Waals surface area contributed by atoms with Gasteiger partial charge >= 0.3 is 5.97 Å². The molecule has 1 heterocycles. The number of carbonyl (C=O) groups is 1. The van der Waals surface area contributed by atoms with Gasteiger partial charge in [0.25, 0.3) is 0 Å². The summed E-state index contributed by atoms with van der Waals surface area (Å²) in [5.74, 6) is -1.26. The first-order valence-corrected chi connectivity index (χ1v) is 7.74. The number of hydrogen-bond acceptors (Lipinski definition) is 4. The standard InChI is InChI=1S/C11H12BrNO5S/c12-8-3-1-2-4-10(8)19(17,18)13-6-7(14)5-9(13)11(15)16/h1-4,7,9,14H,5-6H2,(H,15,16). The first kappa shape index (κ1) is 14.4. The second-order valence-electron chi connectivity index (χ2n) is 4.25. The third-order valence-electron chi connectivity index (χ3n) is 2.94. The van der Waals surface area contributed by atoms with Crippen LogP contribution >= 0.6 is 15.9 Å². The van der Waals surface area contributed by atoms with E-state index in [1.165, 1.54) is 6.07 Å². The second-order valence-corrected chi connectivity index (χ2v) is 6.96. The normalized spacial score (nSPS) is 24.5. The zero-order valence-electron chi connectivity index (χ0n) is 9.73. The maximum absolute atomic E-state index is 12.4. The molecule has 1 aromatic rings. The van der Waals surface area contributed by atoms with Gasteiger partial charge in [-0.1, -0.05) is 12.1 Å². The fraction of sp³-hybridized carbons (Fsp3) is 0.364. The Morgan fingerprint density at radius 2 is 2.00 bits per heavy atom. The SMILES string of the molecule is O=C(O)C1CC(O)CN1S(=O)(=O)c1ccccc1Br. The Morgan fingerprint density at radius 1 is 1.37 bits per heavy atom. The van der Waals surface area contributed by atoms with Gasteiger partial charge in [-0.3, -0.25) is 4.79 Å². The van der Waals surface area contributed by atoms with Gasteiger partial charge in [0.15, 0.2) is 0 Å². The van der Waals surface area contributed by atoms with E-state index in [0.717, 1.165) is 4.31 Å². The summed E-state index contributed by atoms with van der Waals surface area (Å²) >= 11 is 3.14. The Balaban J connectivity index is 2.45. The highest BCUT2D eigenvalue weighted by molar-refractivity contribution is 9.10. The molecule has 104 valence electrons. The molecule has 2 atom stereocenters. The predicted molar refractivity (Wildman–Crippen MR) is 70.1 cm³/mol. The van der Waals surface area contributed by atoms with Crippen LogP contribution in [0.25, 0.3) is 0 Å². The fourth-order valence-corrected chi connectivity index (χ4v) is 4.65. The van der Waals surface area contributed by atoms with E-state index in [9.17, 15) is 18.3 Å². The van der Waals surface area contributed by atoms with Gasteiger partial charge in [0.1, 0.15) is 6.04 Å². The van der Waals surface area contributed by atoms with E-state index in [1.807, 2.05) is 0 Å². The summed E-state index contributed by atoms with van der Waals surface area (Å²) in [7, 11) is -3.95. The molecule has 6 nitrogen and oxygen atoms in total. The molecule has 0 amide bonds. The molecule has 0 bridgehead atoms. The van der Waals surface area contributed by atoms with Crippen molar-refractivity contribution in [2.24, 2.45) is 0 Å². The van der Waals surface area contributed by atoms with Crippen LogP contribution in [0.5, 0.6) is 0 Å². The highest BCUT2D eigenvalue weighted by Crippen LogP contribution is 2.30. The minimum Gasteiger partial charge on any atom is -0.480 e. The minimum atomic E-state index is -3.95. The number of halogens is 1. The minimum absolute atomic E-state index is 0.00431. The molecule has 0 aliphatic carbocycles. The smallest absolute Gasteiger partial charge is 0.322 e. The fourth-order valence-electron chi connectivity index (χ4n) is 2.05. The summed E-state index contributed by atoms with van der Waals surface area (Å²) in [6, 6.07) is 4.95. The number of nitrogens with zero attached hydrogens (tertiary/aromatic N) is 1. The van der Waals surface area contributed by atoms with Gasteiger partial charge < -0.3 is 10.2 Å². The second kappa shape index (κ2) is 5.20. The number of benzene rings is 1. The average Bonchev–Trinajstić information content (AvgIpc) is 2.72. The van der Waals surface area contributed by atoms with E-state index in [4.69, 9.17) is 5.11 Å². The van der Waals surface area contributed by atoms with Crippen molar-refractivity contribution in [2.75, 3.05) is 6.54 Å². The van der Waals surface area contributed by atoms with Crippen LogP contribution in [0.1, 0.15) is 6.42 Å². The van der Waals surface area contributed by atoms with Crippen molar-refractivity contribution >= 4 is 31.9 Å². The quantitative estimate of drug-likeness (QED) is 0.835. The molecule has 1 aliphatic rings. The number of hydrogen-bond donors (Lipinski definition) is 2. The third kappa shape index (κ3) is 2.66. The molecule has 19 heavy (non-hydrogen) atoms. The van der Waals surface area contributed by atoms with Crippen molar-refractivity contribution in [1.82, 2.24) is 4.31 Å². The molecule has 0 aromatic heterocycles. The van der Waals surface area contributed by atoms with Gasteiger partial charge in [0.05, 0.1) is 11.0 Å². The number of rotatable bonds is 3. The number of carboxylic acids is 1. The van der Waals surface area contributed by atoms with Crippen LogP contribution < -0.4 is 0 Å². The molecule has 8 heteroatoms. The van der Waals surface area contributed by atoms with Crippen LogP contribution in [0, 0.1) is 0 Å². The summed E-state index contributed by atoms with van der Waals surface area (Å²) < 4.78 is 26.1. The highest BCUT2D eigenvalue weighted by Gasteiger charge is 2.43. The molecule has 1 aliphatic heterocycles.